The van der Waals surface area contributed by atoms with Gasteiger partial charge < -0.3 is 14.4 Å². The van der Waals surface area contributed by atoms with Crippen LogP contribution in [-0.4, -0.2) is 15.2 Å². The highest BCUT2D eigenvalue weighted by atomic mass is 16.5. The van der Waals surface area contributed by atoms with Crippen molar-refractivity contribution in [1.29, 1.82) is 0 Å². The summed E-state index contributed by atoms with van der Waals surface area (Å²) in [7, 11) is 0. The van der Waals surface area contributed by atoms with E-state index in [1.54, 1.807) is 6.07 Å². The fourth-order valence-corrected chi connectivity index (χ4v) is 1.75. The molecule has 5 nitrogen and oxygen atoms in total. The third-order valence-corrected chi connectivity index (χ3v) is 2.90. The molecule has 0 bridgehead atoms. The molecular weight excluding hydrogens is 256 g/mol. The fraction of sp³-hybridized carbons (Fsp3) is 0.467. The first-order valence-electron chi connectivity index (χ1n) is 6.81. The summed E-state index contributed by atoms with van der Waals surface area (Å²) < 4.78 is 10.7. The van der Waals surface area contributed by atoms with Crippen LogP contribution in [-0.2, 0) is 19.6 Å². The number of aliphatic hydroxyl groups excluding tert-OH is 1. The Balaban J connectivity index is 1.87. The second-order valence-corrected chi connectivity index (χ2v) is 5.13. The van der Waals surface area contributed by atoms with Gasteiger partial charge in [-0.25, -0.2) is 0 Å². The molecule has 2 aromatic rings. The average Bonchev–Trinajstić information content (AvgIpc) is 2.91. The summed E-state index contributed by atoms with van der Waals surface area (Å²) in [5.41, 5.74) is 0.811. The lowest BCUT2D eigenvalue weighted by atomic mass is 10.1. The number of hydrogen-bond acceptors (Lipinski definition) is 5. The Bertz CT molecular complexity index is 537. The van der Waals surface area contributed by atoms with Gasteiger partial charge in [-0.05, 0) is 30.0 Å². The Labute approximate surface area is 118 Å². The second-order valence-electron chi connectivity index (χ2n) is 5.13. The zero-order valence-corrected chi connectivity index (χ0v) is 11.9. The Morgan fingerprint density at radius 2 is 2.20 bits per heavy atom. The molecule has 0 atom stereocenters. The highest BCUT2D eigenvalue weighted by molar-refractivity contribution is 5.27. The largest absolute Gasteiger partial charge is 0.484 e. The minimum absolute atomic E-state index is 0.00287. The third-order valence-electron chi connectivity index (χ3n) is 2.90. The Morgan fingerprint density at radius 3 is 2.95 bits per heavy atom. The molecule has 2 rings (SSSR count). The Morgan fingerprint density at radius 1 is 1.35 bits per heavy atom. The van der Waals surface area contributed by atoms with Gasteiger partial charge in [0.1, 0.15) is 5.75 Å². The minimum Gasteiger partial charge on any atom is -0.484 e. The van der Waals surface area contributed by atoms with Crippen LogP contribution in [0.4, 0.5) is 0 Å². The third kappa shape index (κ3) is 4.35. The van der Waals surface area contributed by atoms with Gasteiger partial charge in [-0.1, -0.05) is 31.1 Å². The predicted molar refractivity (Wildman–Crippen MR) is 74.2 cm³/mol. The van der Waals surface area contributed by atoms with E-state index in [-0.39, 0.29) is 13.2 Å². The van der Waals surface area contributed by atoms with E-state index in [9.17, 15) is 0 Å². The summed E-state index contributed by atoms with van der Waals surface area (Å²) in [6, 6.07) is 7.29. The van der Waals surface area contributed by atoms with Crippen molar-refractivity contribution < 1.29 is 14.4 Å². The van der Waals surface area contributed by atoms with Crippen LogP contribution >= 0.6 is 0 Å². The maximum atomic E-state index is 9.06. The molecule has 1 N–H and O–H groups in total. The molecule has 5 heteroatoms. The summed E-state index contributed by atoms with van der Waals surface area (Å²) in [5.74, 6) is 2.49. The van der Waals surface area contributed by atoms with Crippen LogP contribution in [0.2, 0.25) is 0 Å². The van der Waals surface area contributed by atoms with E-state index in [0.29, 0.717) is 17.6 Å². The molecule has 0 unspecified atom stereocenters. The summed E-state index contributed by atoms with van der Waals surface area (Å²) in [6.45, 7) is 4.57. The van der Waals surface area contributed by atoms with Crippen LogP contribution in [0, 0.1) is 5.92 Å². The molecule has 0 saturated heterocycles. The SMILES string of the molecule is CC(C)CCc1noc(COc2cccc(CO)c2)n1. The normalized spacial score (nSPS) is 11.0. The summed E-state index contributed by atoms with van der Waals surface area (Å²) in [5, 5.41) is 13.0. The second kappa shape index (κ2) is 7.05. The Kier molecular flexibility index (Phi) is 5.12. The molecule has 0 aliphatic carbocycles. The van der Waals surface area contributed by atoms with Crippen molar-refractivity contribution in [2.75, 3.05) is 0 Å². The van der Waals surface area contributed by atoms with E-state index >= 15 is 0 Å². The van der Waals surface area contributed by atoms with Crippen LogP contribution < -0.4 is 4.74 Å². The lowest BCUT2D eigenvalue weighted by Gasteiger charge is -2.04. The summed E-state index contributed by atoms with van der Waals surface area (Å²) in [4.78, 5) is 4.29. The summed E-state index contributed by atoms with van der Waals surface area (Å²) in [6.07, 6.45) is 1.86. The van der Waals surface area contributed by atoms with Crippen molar-refractivity contribution in [3.8, 4) is 5.75 Å². The maximum absolute atomic E-state index is 9.06. The monoisotopic (exact) mass is 276 g/mol. The molecule has 0 fully saturated rings. The van der Waals surface area contributed by atoms with Gasteiger partial charge in [0.25, 0.3) is 5.89 Å². The number of hydrogen-bond donors (Lipinski definition) is 1. The number of rotatable bonds is 7. The Hall–Kier alpha value is -1.88. The molecule has 0 radical (unpaired) electrons. The van der Waals surface area contributed by atoms with Crippen LogP contribution in [0.25, 0.3) is 0 Å². The molecule has 0 saturated carbocycles. The first-order chi connectivity index (χ1) is 9.67. The van der Waals surface area contributed by atoms with Crippen molar-refractivity contribution in [2.24, 2.45) is 5.92 Å². The molecule has 0 aliphatic rings. The van der Waals surface area contributed by atoms with Gasteiger partial charge in [0.2, 0.25) is 0 Å². The molecule has 0 amide bonds. The van der Waals surface area contributed by atoms with E-state index in [4.69, 9.17) is 14.4 Å². The van der Waals surface area contributed by atoms with E-state index in [0.717, 1.165) is 24.2 Å². The standard InChI is InChI=1S/C15H20N2O3/c1-11(2)6-7-14-16-15(20-17-14)10-19-13-5-3-4-12(8-13)9-18/h3-5,8,11,18H,6-7,9-10H2,1-2H3. The average molecular weight is 276 g/mol. The van der Waals surface area contributed by atoms with Crippen molar-refractivity contribution in [1.82, 2.24) is 10.1 Å². The molecule has 1 aromatic carbocycles. The van der Waals surface area contributed by atoms with Crippen LogP contribution in [0.3, 0.4) is 0 Å². The maximum Gasteiger partial charge on any atom is 0.264 e. The van der Waals surface area contributed by atoms with Gasteiger partial charge >= 0.3 is 0 Å². The molecule has 0 spiro atoms. The zero-order valence-electron chi connectivity index (χ0n) is 11.9. The van der Waals surface area contributed by atoms with Gasteiger partial charge in [-0.3, -0.25) is 0 Å². The van der Waals surface area contributed by atoms with E-state index in [1.165, 1.54) is 0 Å². The highest BCUT2D eigenvalue weighted by Gasteiger charge is 2.08. The van der Waals surface area contributed by atoms with Gasteiger partial charge in [-0.15, -0.1) is 0 Å². The van der Waals surface area contributed by atoms with Gasteiger partial charge in [0.15, 0.2) is 12.4 Å². The molecular formula is C15H20N2O3. The molecule has 1 heterocycles. The predicted octanol–water partition coefficient (Wildman–Crippen LogP) is 2.73. The molecule has 1 aromatic heterocycles. The van der Waals surface area contributed by atoms with Crippen molar-refractivity contribution in [3.63, 3.8) is 0 Å². The first-order valence-corrected chi connectivity index (χ1v) is 6.81. The van der Waals surface area contributed by atoms with Gasteiger partial charge in [-0.2, -0.15) is 4.98 Å². The highest BCUT2D eigenvalue weighted by Crippen LogP contribution is 2.15. The number of aliphatic hydroxyl groups is 1. The van der Waals surface area contributed by atoms with Gasteiger partial charge in [0.05, 0.1) is 6.61 Å². The molecule has 20 heavy (non-hydrogen) atoms. The van der Waals surface area contributed by atoms with Crippen molar-refractivity contribution >= 4 is 0 Å². The van der Waals surface area contributed by atoms with Crippen LogP contribution in [0.1, 0.15) is 37.5 Å². The van der Waals surface area contributed by atoms with Crippen LogP contribution in [0.15, 0.2) is 28.8 Å². The van der Waals surface area contributed by atoms with Crippen molar-refractivity contribution in [3.05, 3.63) is 41.5 Å². The molecule has 108 valence electrons. The van der Waals surface area contributed by atoms with E-state index in [1.807, 2.05) is 18.2 Å². The minimum atomic E-state index is -0.00287. The van der Waals surface area contributed by atoms with Crippen molar-refractivity contribution in [2.45, 2.75) is 39.9 Å². The smallest absolute Gasteiger partial charge is 0.264 e. The lowest BCUT2D eigenvalue weighted by Crippen LogP contribution is -1.98. The van der Waals surface area contributed by atoms with Gasteiger partial charge in [0, 0.05) is 6.42 Å². The number of ether oxygens (including phenoxy) is 1. The summed E-state index contributed by atoms with van der Waals surface area (Å²) >= 11 is 0. The molecule has 0 aliphatic heterocycles. The fourth-order valence-electron chi connectivity index (χ4n) is 1.75. The number of aromatic nitrogens is 2. The lowest BCUT2D eigenvalue weighted by molar-refractivity contribution is 0.241. The van der Waals surface area contributed by atoms with Crippen LogP contribution in [0.5, 0.6) is 5.75 Å². The zero-order chi connectivity index (χ0) is 14.4. The van der Waals surface area contributed by atoms with E-state index in [2.05, 4.69) is 24.0 Å². The topological polar surface area (TPSA) is 68.4 Å². The number of nitrogens with zero attached hydrogens (tertiary/aromatic N) is 2. The quantitative estimate of drug-likeness (QED) is 0.842. The number of benzene rings is 1. The first kappa shape index (κ1) is 14.5. The van der Waals surface area contributed by atoms with E-state index < -0.39 is 0 Å². The number of aryl methyl sites for hydroxylation is 1.